The van der Waals surface area contributed by atoms with Crippen LogP contribution < -0.4 is 5.32 Å². The molecule has 1 aliphatic rings. The number of unbranched alkanes of at least 4 members (excludes halogenated alkanes) is 2. The molecular formula is C15H30N2OS. The van der Waals surface area contributed by atoms with Crippen molar-refractivity contribution in [3.05, 3.63) is 0 Å². The van der Waals surface area contributed by atoms with E-state index in [9.17, 15) is 4.79 Å². The Morgan fingerprint density at radius 3 is 2.58 bits per heavy atom. The summed E-state index contributed by atoms with van der Waals surface area (Å²) in [6.07, 6.45) is 6.81. The Morgan fingerprint density at radius 2 is 2.05 bits per heavy atom. The van der Waals surface area contributed by atoms with Gasteiger partial charge in [0.2, 0.25) is 5.91 Å². The summed E-state index contributed by atoms with van der Waals surface area (Å²) in [6.45, 7) is 9.40. The van der Waals surface area contributed by atoms with E-state index in [4.69, 9.17) is 0 Å². The van der Waals surface area contributed by atoms with Crippen LogP contribution in [0.2, 0.25) is 0 Å². The van der Waals surface area contributed by atoms with E-state index in [1.54, 1.807) is 0 Å². The molecule has 2 unspecified atom stereocenters. The molecule has 1 amide bonds. The van der Waals surface area contributed by atoms with Crippen molar-refractivity contribution in [1.82, 2.24) is 10.2 Å². The highest BCUT2D eigenvalue weighted by Gasteiger charge is 2.47. The van der Waals surface area contributed by atoms with Crippen LogP contribution in [0, 0.1) is 5.92 Å². The molecule has 0 aromatic heterocycles. The molecule has 2 atom stereocenters. The molecule has 1 rings (SSSR count). The van der Waals surface area contributed by atoms with Gasteiger partial charge < -0.3 is 4.90 Å². The van der Waals surface area contributed by atoms with Crippen molar-refractivity contribution in [2.24, 2.45) is 5.92 Å². The number of hydrogen-bond acceptors (Lipinski definition) is 3. The fourth-order valence-corrected chi connectivity index (χ4v) is 3.13. The quantitative estimate of drug-likeness (QED) is 0.696. The van der Waals surface area contributed by atoms with Crippen LogP contribution in [0.3, 0.4) is 0 Å². The molecule has 4 heteroatoms. The van der Waals surface area contributed by atoms with Gasteiger partial charge in [-0.15, -0.1) is 0 Å². The molecule has 1 N–H and O–H groups in total. The SMILES string of the molecule is CCC1(C)NC(C(C)C)N(CCCCCSC)C1=O. The minimum absolute atomic E-state index is 0.206. The smallest absolute Gasteiger partial charge is 0.243 e. The summed E-state index contributed by atoms with van der Waals surface area (Å²) >= 11 is 1.90. The maximum atomic E-state index is 12.6. The number of carbonyl (C=O) groups is 1. The van der Waals surface area contributed by atoms with Gasteiger partial charge in [-0.05, 0) is 44.1 Å². The van der Waals surface area contributed by atoms with E-state index in [0.29, 0.717) is 11.8 Å². The fraction of sp³-hybridized carbons (Fsp3) is 0.933. The van der Waals surface area contributed by atoms with E-state index in [1.807, 2.05) is 18.7 Å². The number of thioether (sulfide) groups is 1. The molecule has 1 fully saturated rings. The van der Waals surface area contributed by atoms with E-state index in [0.717, 1.165) is 19.4 Å². The summed E-state index contributed by atoms with van der Waals surface area (Å²) in [5, 5.41) is 3.54. The third-order valence-electron chi connectivity index (χ3n) is 4.12. The molecule has 0 radical (unpaired) electrons. The van der Waals surface area contributed by atoms with Crippen LogP contribution in [0.4, 0.5) is 0 Å². The van der Waals surface area contributed by atoms with Gasteiger partial charge in [-0.25, -0.2) is 0 Å². The standard InChI is InChI=1S/C15H30N2OS/c1-6-15(4)14(18)17(13(16-15)12(2)3)10-8-7-9-11-19-5/h12-13,16H,6-11H2,1-5H3. The van der Waals surface area contributed by atoms with Crippen LogP contribution in [-0.2, 0) is 4.79 Å². The first kappa shape index (κ1) is 16.8. The Labute approximate surface area is 122 Å². The number of rotatable bonds is 8. The molecule has 0 aromatic carbocycles. The van der Waals surface area contributed by atoms with Gasteiger partial charge >= 0.3 is 0 Å². The number of carbonyl (C=O) groups excluding carboxylic acids is 1. The lowest BCUT2D eigenvalue weighted by Crippen LogP contribution is -2.45. The summed E-state index contributed by atoms with van der Waals surface area (Å²) in [5.74, 6) is 1.98. The summed E-state index contributed by atoms with van der Waals surface area (Å²) < 4.78 is 0. The van der Waals surface area contributed by atoms with E-state index in [1.165, 1.54) is 18.6 Å². The first-order chi connectivity index (χ1) is 8.96. The van der Waals surface area contributed by atoms with Gasteiger partial charge in [0.05, 0.1) is 11.7 Å². The Hall–Kier alpha value is -0.220. The van der Waals surface area contributed by atoms with Crippen molar-refractivity contribution in [2.45, 2.75) is 65.1 Å². The fourth-order valence-electron chi connectivity index (χ4n) is 2.64. The summed E-state index contributed by atoms with van der Waals surface area (Å²) in [7, 11) is 0. The van der Waals surface area contributed by atoms with E-state index >= 15 is 0 Å². The molecular weight excluding hydrogens is 256 g/mol. The third-order valence-corrected chi connectivity index (χ3v) is 4.82. The number of nitrogens with zero attached hydrogens (tertiary/aromatic N) is 1. The molecule has 0 saturated carbocycles. The van der Waals surface area contributed by atoms with Gasteiger partial charge in [0.1, 0.15) is 0 Å². The molecule has 19 heavy (non-hydrogen) atoms. The minimum atomic E-state index is -0.353. The van der Waals surface area contributed by atoms with Crippen molar-refractivity contribution in [3.8, 4) is 0 Å². The van der Waals surface area contributed by atoms with Gasteiger partial charge in [0, 0.05) is 6.54 Å². The third kappa shape index (κ3) is 4.12. The monoisotopic (exact) mass is 286 g/mol. The molecule has 0 bridgehead atoms. The molecule has 0 spiro atoms. The largest absolute Gasteiger partial charge is 0.325 e. The second-order valence-corrected chi connectivity index (χ2v) is 7.06. The Morgan fingerprint density at radius 1 is 1.37 bits per heavy atom. The molecule has 0 aliphatic carbocycles. The van der Waals surface area contributed by atoms with Gasteiger partial charge in [0.25, 0.3) is 0 Å². The highest BCUT2D eigenvalue weighted by molar-refractivity contribution is 7.98. The first-order valence-electron chi connectivity index (χ1n) is 7.54. The second-order valence-electron chi connectivity index (χ2n) is 6.07. The average molecular weight is 286 g/mol. The van der Waals surface area contributed by atoms with Crippen LogP contribution in [-0.4, -0.2) is 41.1 Å². The van der Waals surface area contributed by atoms with Gasteiger partial charge in [0.15, 0.2) is 0 Å². The highest BCUT2D eigenvalue weighted by atomic mass is 32.2. The van der Waals surface area contributed by atoms with Crippen LogP contribution in [0.15, 0.2) is 0 Å². The van der Waals surface area contributed by atoms with Crippen molar-refractivity contribution < 1.29 is 4.79 Å². The molecule has 112 valence electrons. The summed E-state index contributed by atoms with van der Waals surface area (Å²) in [4.78, 5) is 14.6. The van der Waals surface area contributed by atoms with E-state index in [2.05, 4.69) is 37.2 Å². The van der Waals surface area contributed by atoms with Crippen molar-refractivity contribution in [3.63, 3.8) is 0 Å². The van der Waals surface area contributed by atoms with Crippen LogP contribution in [0.5, 0.6) is 0 Å². The van der Waals surface area contributed by atoms with Gasteiger partial charge in [-0.3, -0.25) is 10.1 Å². The lowest BCUT2D eigenvalue weighted by molar-refractivity contribution is -0.133. The number of hydrogen-bond donors (Lipinski definition) is 1. The molecule has 0 aromatic rings. The zero-order valence-electron chi connectivity index (χ0n) is 13.2. The molecule has 1 aliphatic heterocycles. The Kier molecular flexibility index (Phi) is 6.67. The van der Waals surface area contributed by atoms with Crippen LogP contribution in [0.1, 0.15) is 53.4 Å². The predicted molar refractivity (Wildman–Crippen MR) is 84.4 cm³/mol. The Bertz CT molecular complexity index is 296. The van der Waals surface area contributed by atoms with E-state index < -0.39 is 0 Å². The normalized spacial score (nSPS) is 27.6. The van der Waals surface area contributed by atoms with Gasteiger partial charge in [-0.2, -0.15) is 11.8 Å². The van der Waals surface area contributed by atoms with Gasteiger partial charge in [-0.1, -0.05) is 27.2 Å². The van der Waals surface area contributed by atoms with E-state index in [-0.39, 0.29) is 11.7 Å². The highest BCUT2D eigenvalue weighted by Crippen LogP contribution is 2.27. The summed E-state index contributed by atoms with van der Waals surface area (Å²) in [5.41, 5.74) is -0.353. The first-order valence-corrected chi connectivity index (χ1v) is 8.93. The van der Waals surface area contributed by atoms with Crippen LogP contribution in [0.25, 0.3) is 0 Å². The molecule has 3 nitrogen and oxygen atoms in total. The maximum Gasteiger partial charge on any atom is 0.243 e. The lowest BCUT2D eigenvalue weighted by atomic mass is 9.99. The Balaban J connectivity index is 2.55. The molecule has 1 saturated heterocycles. The number of nitrogens with one attached hydrogen (secondary N) is 1. The minimum Gasteiger partial charge on any atom is -0.325 e. The lowest BCUT2D eigenvalue weighted by Gasteiger charge is -2.27. The zero-order valence-corrected chi connectivity index (χ0v) is 14.0. The predicted octanol–water partition coefficient (Wildman–Crippen LogP) is 3.10. The van der Waals surface area contributed by atoms with Crippen molar-refractivity contribution in [1.29, 1.82) is 0 Å². The summed E-state index contributed by atoms with van der Waals surface area (Å²) in [6, 6.07) is 0. The average Bonchev–Trinajstić information content (AvgIpc) is 2.64. The zero-order chi connectivity index (χ0) is 14.5. The van der Waals surface area contributed by atoms with Crippen LogP contribution >= 0.6 is 11.8 Å². The topological polar surface area (TPSA) is 32.3 Å². The van der Waals surface area contributed by atoms with Crippen molar-refractivity contribution in [2.75, 3.05) is 18.6 Å². The molecule has 1 heterocycles. The number of amides is 1. The second kappa shape index (κ2) is 7.53. The van der Waals surface area contributed by atoms with Crippen molar-refractivity contribution >= 4 is 17.7 Å². The maximum absolute atomic E-state index is 12.6.